The van der Waals surface area contributed by atoms with Gasteiger partial charge in [0.1, 0.15) is 11.6 Å². The molecule has 0 unspecified atom stereocenters. The third-order valence-corrected chi connectivity index (χ3v) is 8.60. The summed E-state index contributed by atoms with van der Waals surface area (Å²) in [6.45, 7) is 5.98. The maximum atomic E-state index is 12.3. The van der Waals surface area contributed by atoms with Crippen LogP contribution in [0.4, 0.5) is 0 Å². The van der Waals surface area contributed by atoms with Crippen molar-refractivity contribution in [3.05, 3.63) is 66.2 Å². The Balaban J connectivity index is 1.34. The molecule has 0 atom stereocenters. The van der Waals surface area contributed by atoms with Crippen molar-refractivity contribution in [3.63, 3.8) is 0 Å². The molecule has 6 rings (SSSR count). The van der Waals surface area contributed by atoms with Gasteiger partial charge in [-0.15, -0.1) is 0 Å². The number of aromatic nitrogens is 3. The van der Waals surface area contributed by atoms with Crippen LogP contribution in [-0.4, -0.2) is 57.0 Å². The first-order valence-electron chi connectivity index (χ1n) is 14.2. The van der Waals surface area contributed by atoms with Crippen LogP contribution >= 0.6 is 15.9 Å². The van der Waals surface area contributed by atoms with Gasteiger partial charge in [-0.3, -0.25) is 9.78 Å². The molecule has 0 saturated carbocycles. The van der Waals surface area contributed by atoms with Crippen LogP contribution in [0, 0.1) is 0 Å². The van der Waals surface area contributed by atoms with Gasteiger partial charge in [-0.1, -0.05) is 34.1 Å². The Hall–Kier alpha value is -3.23. The summed E-state index contributed by atoms with van der Waals surface area (Å²) in [7, 11) is 0. The highest BCUT2D eigenvalue weighted by atomic mass is 79.9. The van der Waals surface area contributed by atoms with Crippen molar-refractivity contribution in [2.45, 2.75) is 51.6 Å². The number of unbranched alkanes of at least 4 members (excludes halogenated alkanes) is 1. The van der Waals surface area contributed by atoms with Crippen LogP contribution in [0.15, 0.2) is 54.7 Å². The summed E-state index contributed by atoms with van der Waals surface area (Å²) in [5.74, 6) is 2.49. The van der Waals surface area contributed by atoms with Crippen LogP contribution in [-0.2, 0) is 22.6 Å². The molecule has 4 aromatic rings. The summed E-state index contributed by atoms with van der Waals surface area (Å²) >= 11 is 3.46. The number of nitrogens with zero attached hydrogens (tertiary/aromatic N) is 4. The minimum absolute atomic E-state index is 0.102. The van der Waals surface area contributed by atoms with Gasteiger partial charge in [-0.2, -0.15) is 0 Å². The Bertz CT molecular complexity index is 1490. The van der Waals surface area contributed by atoms with Gasteiger partial charge in [-0.05, 0) is 61.4 Å². The number of rotatable bonds is 8. The van der Waals surface area contributed by atoms with E-state index in [0.29, 0.717) is 12.5 Å². The third-order valence-electron chi connectivity index (χ3n) is 8.03. The lowest BCUT2D eigenvalue weighted by molar-refractivity contribution is -0.130. The summed E-state index contributed by atoms with van der Waals surface area (Å²) in [5, 5.41) is 3.19. The van der Waals surface area contributed by atoms with Gasteiger partial charge in [0.05, 0.1) is 30.2 Å². The molecule has 2 aromatic carbocycles. The monoisotopic (exact) mass is 602 g/mol. The number of halogens is 1. The molecule has 4 heterocycles. The molecule has 40 heavy (non-hydrogen) atoms. The van der Waals surface area contributed by atoms with E-state index < -0.39 is 0 Å². The van der Waals surface area contributed by atoms with Gasteiger partial charge in [-0.25, -0.2) is 4.98 Å². The van der Waals surface area contributed by atoms with Crippen LogP contribution in [0.25, 0.3) is 33.3 Å². The standard InChI is InChI=1S/C32H35BrN4O3/c1-22(38)36-14-15-37-30(21-36)31(35-32(37)24-11-17-39-18-12-24)27-6-4-5-25-19-29(34-20-28(25)27)23-7-9-26(10-8-23)40-16-3-2-13-33/h4-10,19-20,24H,2-3,11-18,21H2,1H3. The molecule has 208 valence electrons. The Kier molecular flexibility index (Phi) is 8.16. The first-order valence-corrected chi connectivity index (χ1v) is 15.4. The van der Waals surface area contributed by atoms with Crippen molar-refractivity contribution in [2.75, 3.05) is 31.7 Å². The van der Waals surface area contributed by atoms with E-state index >= 15 is 0 Å². The number of pyridine rings is 1. The maximum Gasteiger partial charge on any atom is 0.219 e. The summed E-state index contributed by atoms with van der Waals surface area (Å²) in [6, 6.07) is 16.7. The summed E-state index contributed by atoms with van der Waals surface area (Å²) in [4.78, 5) is 24.4. The van der Waals surface area contributed by atoms with E-state index in [-0.39, 0.29) is 5.91 Å². The molecule has 0 radical (unpaired) electrons. The third kappa shape index (κ3) is 5.52. The number of fused-ring (bicyclic) bond motifs is 2. The van der Waals surface area contributed by atoms with E-state index in [1.807, 2.05) is 23.2 Å². The molecule has 2 aliphatic rings. The number of amides is 1. The minimum Gasteiger partial charge on any atom is -0.494 e. The van der Waals surface area contributed by atoms with E-state index in [9.17, 15) is 4.79 Å². The molecule has 2 aromatic heterocycles. The smallest absolute Gasteiger partial charge is 0.219 e. The minimum atomic E-state index is 0.102. The van der Waals surface area contributed by atoms with Crippen molar-refractivity contribution >= 4 is 32.6 Å². The predicted molar refractivity (Wildman–Crippen MR) is 161 cm³/mol. The van der Waals surface area contributed by atoms with Crippen molar-refractivity contribution in [3.8, 4) is 28.3 Å². The second-order valence-corrected chi connectivity index (χ2v) is 11.4. The van der Waals surface area contributed by atoms with Crippen LogP contribution in [0.5, 0.6) is 5.75 Å². The Labute approximate surface area is 243 Å². The highest BCUT2D eigenvalue weighted by Crippen LogP contribution is 2.37. The van der Waals surface area contributed by atoms with Crippen molar-refractivity contribution < 1.29 is 14.3 Å². The van der Waals surface area contributed by atoms with E-state index in [4.69, 9.17) is 19.4 Å². The van der Waals surface area contributed by atoms with Gasteiger partial charge in [0.2, 0.25) is 5.91 Å². The second kappa shape index (κ2) is 12.1. The molecule has 2 aliphatic heterocycles. The molecule has 1 amide bonds. The SMILES string of the molecule is CC(=O)N1CCn2c(C3CCOCC3)nc(-c3cccc4cc(-c5ccc(OCCCCBr)cc5)ncc34)c2C1. The molecular weight excluding hydrogens is 568 g/mol. The molecule has 0 bridgehead atoms. The van der Waals surface area contributed by atoms with Crippen molar-refractivity contribution in [2.24, 2.45) is 0 Å². The Morgan fingerprint density at radius 1 is 1.10 bits per heavy atom. The van der Waals surface area contributed by atoms with Gasteiger partial charge in [0.25, 0.3) is 0 Å². The van der Waals surface area contributed by atoms with Crippen LogP contribution in [0.3, 0.4) is 0 Å². The fraction of sp³-hybridized carbons (Fsp3) is 0.406. The number of imidazole rings is 1. The average molecular weight is 604 g/mol. The lowest BCUT2D eigenvalue weighted by atomic mass is 9.99. The quantitative estimate of drug-likeness (QED) is 0.168. The highest BCUT2D eigenvalue weighted by Gasteiger charge is 2.30. The molecule has 0 N–H and O–H groups in total. The number of hydrogen-bond acceptors (Lipinski definition) is 5. The molecule has 7 nitrogen and oxygen atoms in total. The predicted octanol–water partition coefficient (Wildman–Crippen LogP) is 6.58. The Morgan fingerprint density at radius 2 is 1.93 bits per heavy atom. The molecular formula is C32H35BrN4O3. The summed E-state index contributed by atoms with van der Waals surface area (Å²) in [5.41, 5.74) is 5.13. The van der Waals surface area contributed by atoms with Crippen molar-refractivity contribution in [1.29, 1.82) is 0 Å². The van der Waals surface area contributed by atoms with Crippen molar-refractivity contribution in [1.82, 2.24) is 19.4 Å². The largest absolute Gasteiger partial charge is 0.494 e. The summed E-state index contributed by atoms with van der Waals surface area (Å²) < 4.78 is 13.9. The molecule has 8 heteroatoms. The number of carbonyl (C=O) groups is 1. The zero-order chi connectivity index (χ0) is 27.5. The van der Waals surface area contributed by atoms with E-state index in [0.717, 1.165) is 114 Å². The fourth-order valence-corrected chi connectivity index (χ4v) is 6.19. The number of hydrogen-bond donors (Lipinski definition) is 0. The fourth-order valence-electron chi connectivity index (χ4n) is 5.79. The first-order chi connectivity index (χ1) is 19.6. The topological polar surface area (TPSA) is 69.5 Å². The van der Waals surface area contributed by atoms with E-state index in [1.54, 1.807) is 6.92 Å². The normalized spacial score (nSPS) is 15.8. The lowest BCUT2D eigenvalue weighted by Gasteiger charge is -2.30. The number of ether oxygens (including phenoxy) is 2. The second-order valence-electron chi connectivity index (χ2n) is 10.6. The Morgan fingerprint density at radius 3 is 2.70 bits per heavy atom. The van der Waals surface area contributed by atoms with Crippen LogP contribution in [0.1, 0.15) is 50.0 Å². The van der Waals surface area contributed by atoms with Crippen LogP contribution in [0.2, 0.25) is 0 Å². The number of alkyl halides is 1. The zero-order valence-electron chi connectivity index (χ0n) is 22.9. The first kappa shape index (κ1) is 27.0. The maximum absolute atomic E-state index is 12.3. The average Bonchev–Trinajstić information content (AvgIpc) is 3.38. The number of carbonyl (C=O) groups excluding carboxylic acids is 1. The molecule has 0 spiro atoms. The molecule has 0 aliphatic carbocycles. The van der Waals surface area contributed by atoms with Gasteiger partial charge in [0.15, 0.2) is 0 Å². The number of benzene rings is 2. The molecule has 1 fully saturated rings. The zero-order valence-corrected chi connectivity index (χ0v) is 24.5. The highest BCUT2D eigenvalue weighted by molar-refractivity contribution is 9.09. The summed E-state index contributed by atoms with van der Waals surface area (Å²) in [6.07, 6.45) is 6.07. The molecule has 1 saturated heterocycles. The van der Waals surface area contributed by atoms with Crippen LogP contribution < -0.4 is 4.74 Å². The van der Waals surface area contributed by atoms with E-state index in [1.165, 1.54) is 0 Å². The van der Waals surface area contributed by atoms with Gasteiger partial charge < -0.3 is 18.9 Å². The van der Waals surface area contributed by atoms with Gasteiger partial charge in [0, 0.05) is 67.2 Å². The van der Waals surface area contributed by atoms with E-state index in [2.05, 4.69) is 56.9 Å². The lowest BCUT2D eigenvalue weighted by Crippen LogP contribution is -2.37. The van der Waals surface area contributed by atoms with Gasteiger partial charge >= 0.3 is 0 Å².